The molecule has 1 aliphatic heterocycles. The maximum atomic E-state index is 12.7. The van der Waals surface area contributed by atoms with Crippen molar-refractivity contribution in [1.29, 1.82) is 0 Å². The van der Waals surface area contributed by atoms with Crippen LogP contribution in [0.5, 0.6) is 0 Å². The van der Waals surface area contributed by atoms with Gasteiger partial charge in [0.15, 0.2) is 11.2 Å². The molecule has 0 amide bonds. The number of fused-ring (bicyclic) bond motifs is 1. The molecular weight excluding hydrogens is 558 g/mol. The fraction of sp³-hybridized carbons (Fsp3) is 0.550. The standard InChI is InChI=1S/C20H28N8O9P2/c21-20-26-18-17(19(29)27-20)24-10-28(18)16-2-1-13(36-16)8-34-38(30)37-14-6-12(25-15-3-4-22-9-23-15)5-11(14)7-35-39(31,32)33/h3-4,9-14,16,38H,1-2,5-8H2,(H,22,23,25)(H2,31,32,33)(H3,21,26,27,29)/t11-,12-,13+,14+,16-/m1/s1. The highest BCUT2D eigenvalue weighted by Crippen LogP contribution is 2.42. The summed E-state index contributed by atoms with van der Waals surface area (Å²) in [5.41, 5.74) is 5.65. The van der Waals surface area contributed by atoms with Gasteiger partial charge in [-0.15, -0.1) is 0 Å². The van der Waals surface area contributed by atoms with Crippen LogP contribution in [-0.4, -0.2) is 70.7 Å². The number of hydrogen-bond donors (Lipinski definition) is 5. The Bertz CT molecular complexity index is 1420. The van der Waals surface area contributed by atoms with Crippen LogP contribution < -0.4 is 16.6 Å². The minimum absolute atomic E-state index is 0.00391. The van der Waals surface area contributed by atoms with Crippen LogP contribution in [0.3, 0.4) is 0 Å². The molecule has 2 fully saturated rings. The molecule has 17 nitrogen and oxygen atoms in total. The molecule has 0 spiro atoms. The van der Waals surface area contributed by atoms with Gasteiger partial charge in [-0.1, -0.05) is 0 Å². The van der Waals surface area contributed by atoms with Crippen molar-refractivity contribution in [2.45, 2.75) is 50.2 Å². The molecule has 0 aromatic carbocycles. The number of rotatable bonds is 11. The average Bonchev–Trinajstić information content (AvgIpc) is 3.60. The van der Waals surface area contributed by atoms with Gasteiger partial charge < -0.3 is 34.6 Å². The summed E-state index contributed by atoms with van der Waals surface area (Å²) in [5.74, 6) is 0.100. The summed E-state index contributed by atoms with van der Waals surface area (Å²) in [7, 11) is -7.67. The van der Waals surface area contributed by atoms with E-state index in [0.717, 1.165) is 0 Å². The van der Waals surface area contributed by atoms with Crippen LogP contribution in [0, 0.1) is 5.92 Å². The van der Waals surface area contributed by atoms with Crippen molar-refractivity contribution in [2.75, 3.05) is 24.3 Å². The zero-order chi connectivity index (χ0) is 27.6. The van der Waals surface area contributed by atoms with E-state index in [1.165, 1.54) is 12.7 Å². The van der Waals surface area contributed by atoms with Crippen LogP contribution in [0.25, 0.3) is 11.2 Å². The van der Waals surface area contributed by atoms with Gasteiger partial charge in [0, 0.05) is 18.2 Å². The number of hydrogen-bond acceptors (Lipinski definition) is 13. The Morgan fingerprint density at radius 2 is 2.13 bits per heavy atom. The number of H-pyrrole nitrogens is 1. The zero-order valence-corrected chi connectivity index (χ0v) is 22.3. The van der Waals surface area contributed by atoms with E-state index in [1.807, 2.05) is 0 Å². The summed E-state index contributed by atoms with van der Waals surface area (Å²) in [5, 5.41) is 3.21. The van der Waals surface area contributed by atoms with Crippen molar-refractivity contribution >= 4 is 39.0 Å². The van der Waals surface area contributed by atoms with E-state index in [-0.39, 0.29) is 30.7 Å². The molecule has 19 heteroatoms. The fourth-order valence-corrected chi connectivity index (χ4v) is 6.10. The summed E-state index contributed by atoms with van der Waals surface area (Å²) < 4.78 is 47.4. The summed E-state index contributed by atoms with van der Waals surface area (Å²) in [6, 6.07) is 1.52. The summed E-state index contributed by atoms with van der Waals surface area (Å²) >= 11 is 0. The Hall–Kier alpha value is -2.75. The van der Waals surface area contributed by atoms with E-state index in [4.69, 9.17) is 33.8 Å². The molecule has 0 bridgehead atoms. The molecule has 39 heavy (non-hydrogen) atoms. The highest BCUT2D eigenvalue weighted by Gasteiger charge is 2.38. The van der Waals surface area contributed by atoms with E-state index in [2.05, 4.69) is 30.2 Å². The maximum absolute atomic E-state index is 12.7. The first kappa shape index (κ1) is 27.8. The Kier molecular flexibility index (Phi) is 8.40. The predicted octanol–water partition coefficient (Wildman–Crippen LogP) is 0.961. The van der Waals surface area contributed by atoms with Gasteiger partial charge in [0.05, 0.1) is 31.7 Å². The summed E-state index contributed by atoms with van der Waals surface area (Å²) in [4.78, 5) is 48.9. The molecule has 0 radical (unpaired) electrons. The maximum Gasteiger partial charge on any atom is 0.469 e. The fourth-order valence-electron chi connectivity index (χ4n) is 4.79. The number of nitrogens with one attached hydrogen (secondary N) is 2. The number of phosphoric acid groups is 1. The van der Waals surface area contributed by atoms with Crippen LogP contribution in [0.2, 0.25) is 0 Å². The van der Waals surface area contributed by atoms with Gasteiger partial charge in [-0.05, 0) is 31.7 Å². The van der Waals surface area contributed by atoms with E-state index < -0.39 is 46.0 Å². The molecule has 1 saturated heterocycles. The Balaban J connectivity index is 1.15. The molecule has 2 aliphatic rings. The quantitative estimate of drug-likeness (QED) is 0.197. The SMILES string of the molecule is Nc1nc2c(ncn2[C@H]2CC[C@@H](CO[PH](=O)O[C@H]3C[C@H](Nc4ccncn4)C[C@@H]3COP(=O)(O)O)O2)c(=O)[nH]1. The third-order valence-corrected chi connectivity index (χ3v) is 7.88. The van der Waals surface area contributed by atoms with Crippen molar-refractivity contribution in [3.63, 3.8) is 0 Å². The Morgan fingerprint density at radius 1 is 1.28 bits per heavy atom. The van der Waals surface area contributed by atoms with Gasteiger partial charge >= 0.3 is 16.1 Å². The van der Waals surface area contributed by atoms with Crippen molar-refractivity contribution in [1.82, 2.24) is 29.5 Å². The highest BCUT2D eigenvalue weighted by atomic mass is 31.2. The number of ether oxygens (including phenoxy) is 1. The normalized spacial score (nSPS) is 26.3. The minimum Gasteiger partial charge on any atom is -0.369 e. The van der Waals surface area contributed by atoms with Gasteiger partial charge in [-0.25, -0.2) is 19.5 Å². The monoisotopic (exact) mass is 586 g/mol. The van der Waals surface area contributed by atoms with E-state index in [1.54, 1.807) is 16.8 Å². The first-order chi connectivity index (χ1) is 18.6. The molecule has 4 heterocycles. The lowest BCUT2D eigenvalue weighted by molar-refractivity contribution is -0.0189. The lowest BCUT2D eigenvalue weighted by Crippen LogP contribution is -2.21. The third kappa shape index (κ3) is 7.07. The number of nitrogens with two attached hydrogens (primary N) is 1. The number of imidazole rings is 1. The molecule has 3 aromatic rings. The molecule has 5 rings (SSSR count). The first-order valence-electron chi connectivity index (χ1n) is 12.1. The van der Waals surface area contributed by atoms with Gasteiger partial charge in [-0.3, -0.25) is 23.4 Å². The third-order valence-electron chi connectivity index (χ3n) is 6.50. The van der Waals surface area contributed by atoms with Gasteiger partial charge in [0.25, 0.3) is 5.56 Å². The molecule has 1 aliphatic carbocycles. The number of aromatic nitrogens is 6. The van der Waals surface area contributed by atoms with Crippen LogP contribution in [0.1, 0.15) is 31.9 Å². The second-order valence-electron chi connectivity index (χ2n) is 9.24. The number of phosphoric ester groups is 1. The van der Waals surface area contributed by atoms with Crippen molar-refractivity contribution in [2.24, 2.45) is 5.92 Å². The zero-order valence-electron chi connectivity index (χ0n) is 20.5. The van der Waals surface area contributed by atoms with Crippen LogP contribution in [0.15, 0.2) is 29.7 Å². The Labute approximate surface area is 221 Å². The highest BCUT2D eigenvalue weighted by molar-refractivity contribution is 7.46. The molecule has 3 aromatic heterocycles. The van der Waals surface area contributed by atoms with Crippen LogP contribution in [-0.2, 0) is 27.4 Å². The summed E-state index contributed by atoms with van der Waals surface area (Å²) in [6.45, 7) is -0.282. The van der Waals surface area contributed by atoms with E-state index in [0.29, 0.717) is 37.1 Å². The van der Waals surface area contributed by atoms with E-state index >= 15 is 0 Å². The first-order valence-corrected chi connectivity index (χ1v) is 14.8. The van der Waals surface area contributed by atoms with Gasteiger partial charge in [0.2, 0.25) is 5.95 Å². The van der Waals surface area contributed by atoms with E-state index in [9.17, 15) is 13.9 Å². The number of nitrogens with zero attached hydrogens (tertiary/aromatic N) is 5. The molecular formula is C20H28N8O9P2. The lowest BCUT2D eigenvalue weighted by atomic mass is 10.1. The lowest BCUT2D eigenvalue weighted by Gasteiger charge is -2.20. The van der Waals surface area contributed by atoms with Gasteiger partial charge in [0.1, 0.15) is 18.4 Å². The topological polar surface area (TPSA) is 239 Å². The Morgan fingerprint density at radius 3 is 2.90 bits per heavy atom. The molecule has 6 atom stereocenters. The average molecular weight is 586 g/mol. The number of anilines is 2. The van der Waals surface area contributed by atoms with Crippen molar-refractivity contribution in [3.05, 3.63) is 35.3 Å². The molecule has 212 valence electrons. The summed E-state index contributed by atoms with van der Waals surface area (Å²) in [6.07, 6.45) is 4.94. The predicted molar refractivity (Wildman–Crippen MR) is 136 cm³/mol. The number of aromatic amines is 1. The van der Waals surface area contributed by atoms with Gasteiger partial charge in [-0.2, -0.15) is 4.98 Å². The van der Waals surface area contributed by atoms with Crippen molar-refractivity contribution < 1.29 is 37.2 Å². The van der Waals surface area contributed by atoms with Crippen LogP contribution in [0.4, 0.5) is 11.8 Å². The molecule has 6 N–H and O–H groups in total. The van der Waals surface area contributed by atoms with Crippen LogP contribution >= 0.6 is 16.1 Å². The largest absolute Gasteiger partial charge is 0.469 e. The minimum atomic E-state index is -4.69. The second kappa shape index (κ2) is 11.8. The number of nitrogen functional groups attached to an aromatic ring is 1. The van der Waals surface area contributed by atoms with Crippen molar-refractivity contribution in [3.8, 4) is 0 Å². The smallest absolute Gasteiger partial charge is 0.369 e. The molecule has 1 saturated carbocycles. The molecule has 1 unspecified atom stereocenters. The second-order valence-corrected chi connectivity index (χ2v) is 11.5.